The zero-order valence-corrected chi connectivity index (χ0v) is 14.9. The number of rotatable bonds is 0. The molecular weight excluding hydrogens is 340 g/mol. The van der Waals surface area contributed by atoms with Crippen molar-refractivity contribution < 1.29 is 27.3 Å². The molecule has 2 saturated heterocycles. The molecule has 4 fully saturated rings. The van der Waals surface area contributed by atoms with Gasteiger partial charge in [-0.15, -0.1) is 37.4 Å². The molecule has 6 atom stereocenters. The molecule has 0 aromatic carbocycles. The van der Waals surface area contributed by atoms with Gasteiger partial charge in [0.25, 0.3) is 0 Å². The summed E-state index contributed by atoms with van der Waals surface area (Å²) in [7, 11) is 0. The summed E-state index contributed by atoms with van der Waals surface area (Å²) in [4.78, 5) is 0. The van der Waals surface area contributed by atoms with Gasteiger partial charge in [-0.05, 0) is 0 Å². The summed E-state index contributed by atoms with van der Waals surface area (Å²) in [5, 5.41) is 31.7. The molecule has 23 heavy (non-hydrogen) atoms. The van der Waals surface area contributed by atoms with Crippen molar-refractivity contribution in [3.05, 3.63) is 10.6 Å². The Morgan fingerprint density at radius 2 is 0.957 bits per heavy atom. The van der Waals surface area contributed by atoms with Crippen molar-refractivity contribution in [2.24, 2.45) is 11.8 Å². The van der Waals surface area contributed by atoms with Gasteiger partial charge in [-0.3, -0.25) is 0 Å². The number of nitrogens with zero attached hydrogens (tertiary/aromatic N) is 2. The van der Waals surface area contributed by atoms with Crippen LogP contribution in [0.2, 0.25) is 0 Å². The Morgan fingerprint density at radius 3 is 1.35 bits per heavy atom. The molecule has 0 amide bonds. The van der Waals surface area contributed by atoms with E-state index in [0.29, 0.717) is 11.8 Å². The van der Waals surface area contributed by atoms with Gasteiger partial charge in [0, 0.05) is 17.1 Å². The van der Waals surface area contributed by atoms with Crippen molar-refractivity contribution in [2.75, 3.05) is 13.1 Å². The fourth-order valence-electron chi connectivity index (χ4n) is 4.80. The Balaban J connectivity index is 0.000000160. The number of piperidine rings is 2. The van der Waals surface area contributed by atoms with E-state index in [1.54, 1.807) is 0 Å². The zero-order valence-electron chi connectivity index (χ0n) is 14.0. The monoisotopic (exact) mass is 369 g/mol. The van der Waals surface area contributed by atoms with Crippen molar-refractivity contribution in [1.82, 2.24) is 0 Å². The number of fused-ring (bicyclic) bond motifs is 2. The maximum absolute atomic E-state index is 11.4. The Hall–Kier alpha value is 0.359. The molecule has 5 heteroatoms. The van der Waals surface area contributed by atoms with E-state index in [-0.39, 0.29) is 41.4 Å². The van der Waals surface area contributed by atoms with E-state index in [1.165, 1.54) is 38.5 Å². The van der Waals surface area contributed by atoms with Gasteiger partial charge in [-0.1, -0.05) is 76.0 Å². The molecule has 2 aliphatic carbocycles. The Bertz CT molecular complexity index is 309. The van der Waals surface area contributed by atoms with Gasteiger partial charge in [0.05, 0.1) is 0 Å². The Kier molecular flexibility index (Phi) is 8.34. The van der Waals surface area contributed by atoms with Gasteiger partial charge in [0.2, 0.25) is 0 Å². The summed E-state index contributed by atoms with van der Waals surface area (Å²) in [5.41, 5.74) is 0. The molecule has 2 aliphatic heterocycles. The summed E-state index contributed by atoms with van der Waals surface area (Å²) in [5.74, 6) is 1.31. The minimum absolute atomic E-state index is 0. The van der Waals surface area contributed by atoms with E-state index < -0.39 is 0 Å². The van der Waals surface area contributed by atoms with Crippen LogP contribution >= 0.6 is 0 Å². The van der Waals surface area contributed by atoms with E-state index in [2.05, 4.69) is 10.6 Å². The first-order valence-electron chi connectivity index (χ1n) is 9.40. The van der Waals surface area contributed by atoms with Crippen LogP contribution in [-0.4, -0.2) is 37.4 Å². The van der Waals surface area contributed by atoms with Crippen molar-refractivity contribution in [1.29, 1.82) is 0 Å². The van der Waals surface area contributed by atoms with Gasteiger partial charge in [-0.25, -0.2) is 0 Å². The van der Waals surface area contributed by atoms with Crippen molar-refractivity contribution in [2.45, 2.75) is 88.5 Å². The van der Waals surface area contributed by atoms with E-state index in [4.69, 9.17) is 0 Å². The first-order chi connectivity index (χ1) is 10.8. The molecular formula is C18H30CuN2O2-4. The largest absolute Gasteiger partial charge is 0.853 e. The minimum atomic E-state index is -0.367. The van der Waals surface area contributed by atoms with Crippen LogP contribution in [0.3, 0.4) is 0 Å². The van der Waals surface area contributed by atoms with E-state index >= 15 is 0 Å². The van der Waals surface area contributed by atoms with Crippen LogP contribution in [0.5, 0.6) is 0 Å². The molecule has 0 spiro atoms. The molecule has 4 aliphatic rings. The van der Waals surface area contributed by atoms with Gasteiger partial charge >= 0.3 is 0 Å². The normalized spacial score (nSPS) is 43.0. The molecule has 6 unspecified atom stereocenters. The fraction of sp³-hybridized carbons (Fsp3) is 1.00. The van der Waals surface area contributed by atoms with Crippen LogP contribution in [0.1, 0.15) is 64.2 Å². The van der Waals surface area contributed by atoms with E-state index in [1.807, 2.05) is 0 Å². The molecule has 0 bridgehead atoms. The van der Waals surface area contributed by atoms with Crippen LogP contribution in [-0.2, 0) is 17.1 Å². The van der Waals surface area contributed by atoms with Gasteiger partial charge in [0.1, 0.15) is 0 Å². The van der Waals surface area contributed by atoms with Gasteiger partial charge < -0.3 is 20.8 Å². The van der Waals surface area contributed by atoms with Crippen LogP contribution in [0, 0.1) is 11.8 Å². The average Bonchev–Trinajstić information content (AvgIpc) is 2.57. The van der Waals surface area contributed by atoms with E-state index in [0.717, 1.165) is 38.8 Å². The first-order valence-corrected chi connectivity index (χ1v) is 9.40. The second kappa shape index (κ2) is 9.74. The second-order valence-electron chi connectivity index (χ2n) is 7.54. The molecule has 0 N–H and O–H groups in total. The molecule has 1 radical (unpaired) electrons. The molecule has 2 heterocycles. The maximum Gasteiger partial charge on any atom is 0 e. The molecule has 4 rings (SSSR count). The van der Waals surface area contributed by atoms with Crippen LogP contribution in [0.25, 0.3) is 10.6 Å². The summed E-state index contributed by atoms with van der Waals surface area (Å²) in [6.45, 7) is 1.89. The van der Waals surface area contributed by atoms with Crippen molar-refractivity contribution in [3.63, 3.8) is 0 Å². The molecule has 0 aromatic heterocycles. The smallest absolute Gasteiger partial charge is 0 e. The molecule has 4 nitrogen and oxygen atoms in total. The second-order valence-corrected chi connectivity index (χ2v) is 7.54. The predicted octanol–water partition coefficient (Wildman–Crippen LogP) is 2.10. The maximum atomic E-state index is 11.4. The minimum Gasteiger partial charge on any atom is -0.853 e. The predicted molar refractivity (Wildman–Crippen MR) is 84.8 cm³/mol. The third-order valence-electron chi connectivity index (χ3n) is 6.00. The van der Waals surface area contributed by atoms with Crippen molar-refractivity contribution in [3.8, 4) is 0 Å². The summed E-state index contributed by atoms with van der Waals surface area (Å²) in [6.07, 6.45) is 10.7. The van der Waals surface area contributed by atoms with Gasteiger partial charge in [0.15, 0.2) is 0 Å². The topological polar surface area (TPSA) is 74.3 Å². The van der Waals surface area contributed by atoms with Crippen molar-refractivity contribution >= 4 is 0 Å². The fourth-order valence-corrected chi connectivity index (χ4v) is 4.80. The molecule has 2 saturated carbocycles. The average molecular weight is 370 g/mol. The van der Waals surface area contributed by atoms with E-state index in [9.17, 15) is 10.2 Å². The summed E-state index contributed by atoms with van der Waals surface area (Å²) < 4.78 is 0. The Labute approximate surface area is 151 Å². The number of hydrogen-bond donors (Lipinski definition) is 0. The van der Waals surface area contributed by atoms with Gasteiger partial charge in [-0.2, -0.15) is 0 Å². The van der Waals surface area contributed by atoms with Crippen LogP contribution in [0.15, 0.2) is 0 Å². The number of hydrogen-bond acceptors (Lipinski definition) is 2. The quantitative estimate of drug-likeness (QED) is 0.613. The Morgan fingerprint density at radius 1 is 0.565 bits per heavy atom. The summed E-state index contributed by atoms with van der Waals surface area (Å²) in [6, 6.07) is 0.384. The zero-order chi connectivity index (χ0) is 15.4. The third-order valence-corrected chi connectivity index (χ3v) is 6.00. The molecule has 0 aromatic rings. The van der Waals surface area contributed by atoms with Crippen LogP contribution < -0.4 is 10.2 Å². The van der Waals surface area contributed by atoms with Crippen LogP contribution in [0.4, 0.5) is 0 Å². The molecule has 139 valence electrons. The third kappa shape index (κ3) is 5.17. The SMILES string of the molecule is [Cu].[O-]C1CCCC2CCC[N-]C12.[O-]C1CCCC2CCC[N-]C12. The first kappa shape index (κ1) is 19.7. The summed E-state index contributed by atoms with van der Waals surface area (Å²) >= 11 is 0. The standard InChI is InChI=1S/2C9H15NO.Cu/c2*11-8-5-1-3-7-4-2-6-10-9(7)8;/h2*7-9H,1-6H2;/q2*-2;.